The maximum absolute atomic E-state index is 12.9. The van der Waals surface area contributed by atoms with E-state index in [2.05, 4.69) is 10.1 Å². The first kappa shape index (κ1) is 17.2. The van der Waals surface area contributed by atoms with Crippen molar-refractivity contribution in [3.05, 3.63) is 77.3 Å². The number of hydrogen-bond donors (Lipinski definition) is 0. The van der Waals surface area contributed by atoms with Gasteiger partial charge in [0.1, 0.15) is 0 Å². The van der Waals surface area contributed by atoms with Crippen molar-refractivity contribution in [3.63, 3.8) is 0 Å². The summed E-state index contributed by atoms with van der Waals surface area (Å²) in [6.45, 7) is 4.51. The molecule has 0 spiro atoms. The molecule has 3 aromatic rings. The van der Waals surface area contributed by atoms with Gasteiger partial charge >= 0.3 is 0 Å². The first-order chi connectivity index (χ1) is 12.0. The minimum Gasteiger partial charge on any atom is -0.332 e. The highest BCUT2D eigenvalue weighted by molar-refractivity contribution is 6.30. The average molecular weight is 355 g/mol. The zero-order chi connectivity index (χ0) is 17.8. The van der Waals surface area contributed by atoms with E-state index >= 15 is 0 Å². The Morgan fingerprint density at radius 1 is 1.20 bits per heavy atom. The largest absolute Gasteiger partial charge is 0.332 e. The van der Waals surface area contributed by atoms with E-state index in [-0.39, 0.29) is 11.9 Å². The molecule has 2 heterocycles. The van der Waals surface area contributed by atoms with Crippen molar-refractivity contribution in [2.24, 2.45) is 0 Å². The Morgan fingerprint density at radius 2 is 1.96 bits per heavy atom. The third-order valence-corrected chi connectivity index (χ3v) is 4.13. The lowest BCUT2D eigenvalue weighted by atomic mass is 10.2. The summed E-state index contributed by atoms with van der Waals surface area (Å²) in [6.07, 6.45) is 6.83. The van der Waals surface area contributed by atoms with Crippen molar-refractivity contribution in [2.75, 3.05) is 0 Å². The molecule has 0 radical (unpaired) electrons. The predicted molar refractivity (Wildman–Crippen MR) is 97.8 cm³/mol. The quantitative estimate of drug-likeness (QED) is 0.696. The van der Waals surface area contributed by atoms with Gasteiger partial charge in [0.2, 0.25) is 0 Å². The number of rotatable bonds is 5. The number of pyridine rings is 1. The molecular weight excluding hydrogens is 336 g/mol. The van der Waals surface area contributed by atoms with Gasteiger partial charge in [0.25, 0.3) is 5.91 Å². The molecule has 5 nitrogen and oxygen atoms in total. The Kier molecular flexibility index (Phi) is 5.14. The van der Waals surface area contributed by atoms with Crippen LogP contribution in [0.2, 0.25) is 5.02 Å². The fourth-order valence-electron chi connectivity index (χ4n) is 2.51. The molecule has 0 saturated carbocycles. The Balaban J connectivity index is 1.82. The van der Waals surface area contributed by atoms with E-state index in [4.69, 9.17) is 11.6 Å². The van der Waals surface area contributed by atoms with Crippen LogP contribution in [-0.2, 0) is 6.54 Å². The van der Waals surface area contributed by atoms with Gasteiger partial charge in [-0.3, -0.25) is 9.78 Å². The van der Waals surface area contributed by atoms with Gasteiger partial charge in [0.15, 0.2) is 0 Å². The maximum Gasteiger partial charge on any atom is 0.257 e. The molecule has 0 aliphatic heterocycles. The molecule has 128 valence electrons. The number of carbonyl (C=O) groups excluding carboxylic acids is 1. The average Bonchev–Trinajstić information content (AvgIpc) is 3.10. The lowest BCUT2D eigenvalue weighted by Crippen LogP contribution is -2.36. The number of hydrogen-bond acceptors (Lipinski definition) is 3. The minimum absolute atomic E-state index is 0.0564. The van der Waals surface area contributed by atoms with Gasteiger partial charge in [-0.25, -0.2) is 4.68 Å². The molecular formula is C19H19ClN4O. The molecule has 6 heteroatoms. The zero-order valence-electron chi connectivity index (χ0n) is 14.1. The first-order valence-electron chi connectivity index (χ1n) is 8.05. The van der Waals surface area contributed by atoms with Gasteiger partial charge < -0.3 is 4.90 Å². The van der Waals surface area contributed by atoms with E-state index < -0.39 is 0 Å². The molecule has 2 aromatic heterocycles. The molecule has 0 bridgehead atoms. The fraction of sp³-hybridized carbons (Fsp3) is 0.211. The van der Waals surface area contributed by atoms with Crippen molar-refractivity contribution in [3.8, 4) is 5.69 Å². The van der Waals surface area contributed by atoms with Crippen molar-refractivity contribution in [1.29, 1.82) is 0 Å². The van der Waals surface area contributed by atoms with Crippen molar-refractivity contribution < 1.29 is 4.79 Å². The zero-order valence-corrected chi connectivity index (χ0v) is 14.9. The molecule has 0 saturated heterocycles. The molecule has 0 atom stereocenters. The van der Waals surface area contributed by atoms with Crippen molar-refractivity contribution in [1.82, 2.24) is 19.7 Å². The Labute approximate surface area is 151 Å². The summed E-state index contributed by atoms with van der Waals surface area (Å²) < 4.78 is 1.67. The highest BCUT2D eigenvalue weighted by Crippen LogP contribution is 2.16. The topological polar surface area (TPSA) is 51.0 Å². The highest BCUT2D eigenvalue weighted by Gasteiger charge is 2.20. The first-order valence-corrected chi connectivity index (χ1v) is 8.43. The van der Waals surface area contributed by atoms with Gasteiger partial charge in [-0.2, -0.15) is 5.10 Å². The lowest BCUT2D eigenvalue weighted by Gasteiger charge is -2.26. The fourth-order valence-corrected chi connectivity index (χ4v) is 2.64. The second-order valence-corrected chi connectivity index (χ2v) is 6.47. The molecule has 1 amide bonds. The van der Waals surface area contributed by atoms with Crippen LogP contribution >= 0.6 is 11.6 Å². The van der Waals surface area contributed by atoms with Crippen LogP contribution in [-0.4, -0.2) is 31.6 Å². The van der Waals surface area contributed by atoms with Crippen LogP contribution in [0.5, 0.6) is 0 Å². The van der Waals surface area contributed by atoms with Crippen LogP contribution in [0.3, 0.4) is 0 Å². The van der Waals surface area contributed by atoms with Gasteiger partial charge in [-0.15, -0.1) is 0 Å². The smallest absolute Gasteiger partial charge is 0.257 e. The van der Waals surface area contributed by atoms with Gasteiger partial charge in [0.05, 0.1) is 17.4 Å². The Morgan fingerprint density at radius 3 is 2.60 bits per heavy atom. The Bertz CT molecular complexity index is 843. The lowest BCUT2D eigenvalue weighted by molar-refractivity contribution is 0.0690. The van der Waals surface area contributed by atoms with E-state index in [1.807, 2.05) is 38.1 Å². The molecule has 0 unspecified atom stereocenters. The molecule has 25 heavy (non-hydrogen) atoms. The summed E-state index contributed by atoms with van der Waals surface area (Å²) in [7, 11) is 0. The Hall–Kier alpha value is -2.66. The molecule has 0 aliphatic carbocycles. The summed E-state index contributed by atoms with van der Waals surface area (Å²) in [6, 6.07) is 11.2. The predicted octanol–water partition coefficient (Wildman–Crippen LogP) is 3.97. The van der Waals surface area contributed by atoms with Crippen LogP contribution in [0.25, 0.3) is 5.69 Å². The van der Waals surface area contributed by atoms with E-state index in [0.29, 0.717) is 17.1 Å². The van der Waals surface area contributed by atoms with Gasteiger partial charge in [0, 0.05) is 36.2 Å². The van der Waals surface area contributed by atoms with Crippen LogP contribution < -0.4 is 0 Å². The van der Waals surface area contributed by atoms with E-state index in [0.717, 1.165) is 11.3 Å². The van der Waals surface area contributed by atoms with Crippen molar-refractivity contribution >= 4 is 17.5 Å². The number of benzene rings is 1. The third kappa shape index (κ3) is 4.06. The standard InChI is InChI=1S/C19H19ClN4O/c1-14(2)23(12-15-4-3-9-21-10-15)19(25)16-11-22-24(13-16)18-7-5-17(20)6-8-18/h3-11,13-14H,12H2,1-2H3. The summed E-state index contributed by atoms with van der Waals surface area (Å²) in [5.41, 5.74) is 2.40. The number of nitrogens with zero attached hydrogens (tertiary/aromatic N) is 4. The summed E-state index contributed by atoms with van der Waals surface area (Å²) in [4.78, 5) is 18.8. The van der Waals surface area contributed by atoms with Gasteiger partial charge in [-0.05, 0) is 49.7 Å². The number of aromatic nitrogens is 3. The van der Waals surface area contributed by atoms with Crippen LogP contribution in [0, 0.1) is 0 Å². The van der Waals surface area contributed by atoms with E-state index in [1.165, 1.54) is 0 Å². The normalized spacial score (nSPS) is 10.9. The van der Waals surface area contributed by atoms with Crippen LogP contribution in [0.4, 0.5) is 0 Å². The molecule has 0 aliphatic rings. The minimum atomic E-state index is -0.0564. The maximum atomic E-state index is 12.9. The number of carbonyl (C=O) groups is 1. The van der Waals surface area contributed by atoms with Crippen molar-refractivity contribution in [2.45, 2.75) is 26.4 Å². The van der Waals surface area contributed by atoms with E-state index in [1.54, 1.807) is 46.5 Å². The van der Waals surface area contributed by atoms with Gasteiger partial charge in [-0.1, -0.05) is 17.7 Å². The van der Waals surface area contributed by atoms with E-state index in [9.17, 15) is 4.79 Å². The molecule has 1 aromatic carbocycles. The number of amides is 1. The highest BCUT2D eigenvalue weighted by atomic mass is 35.5. The summed E-state index contributed by atoms with van der Waals surface area (Å²) >= 11 is 5.91. The summed E-state index contributed by atoms with van der Waals surface area (Å²) in [5, 5.41) is 4.96. The second-order valence-electron chi connectivity index (χ2n) is 6.04. The SMILES string of the molecule is CC(C)N(Cc1cccnc1)C(=O)c1cnn(-c2ccc(Cl)cc2)c1. The third-order valence-electron chi connectivity index (χ3n) is 3.88. The molecule has 0 fully saturated rings. The second kappa shape index (κ2) is 7.49. The summed E-state index contributed by atoms with van der Waals surface area (Å²) in [5.74, 6) is -0.0564. The molecule has 3 rings (SSSR count). The molecule has 0 N–H and O–H groups in total. The van der Waals surface area contributed by atoms with Crippen LogP contribution in [0.15, 0.2) is 61.2 Å². The monoisotopic (exact) mass is 354 g/mol. The van der Waals surface area contributed by atoms with Crippen LogP contribution in [0.1, 0.15) is 29.8 Å². The number of halogens is 1.